The monoisotopic (exact) mass is 367 g/mol. The first-order valence-electron chi connectivity index (χ1n) is 8.24. The van der Waals surface area contributed by atoms with Crippen LogP contribution in [0.3, 0.4) is 0 Å². The average molecular weight is 367 g/mol. The zero-order chi connectivity index (χ0) is 18.7. The van der Waals surface area contributed by atoms with Crippen molar-refractivity contribution >= 4 is 17.5 Å². The summed E-state index contributed by atoms with van der Waals surface area (Å²) < 4.78 is 40.1. The number of anilines is 2. The minimum Gasteiger partial charge on any atom is -0.340 e. The maximum absolute atomic E-state index is 12.7. The first-order valence-corrected chi connectivity index (χ1v) is 8.24. The number of benzene rings is 1. The van der Waals surface area contributed by atoms with Gasteiger partial charge in [-0.2, -0.15) is 13.2 Å². The van der Waals surface area contributed by atoms with Crippen molar-refractivity contribution < 1.29 is 18.0 Å². The number of hydrogen-bond acceptors (Lipinski definition) is 4. The Hall–Kier alpha value is -2.55. The number of hydrogen-bond donors (Lipinski definition) is 1. The topological polar surface area (TPSA) is 53.4 Å². The van der Waals surface area contributed by atoms with E-state index in [0.717, 1.165) is 31.2 Å². The molecule has 9 heteroatoms. The van der Waals surface area contributed by atoms with Crippen molar-refractivity contribution in [2.24, 2.45) is 7.05 Å². The second-order valence-electron chi connectivity index (χ2n) is 6.23. The second kappa shape index (κ2) is 7.36. The fraction of sp³-hybridized carbons (Fsp3) is 0.412. The summed E-state index contributed by atoms with van der Waals surface area (Å²) in [5.74, 6) is 0.563. The van der Waals surface area contributed by atoms with E-state index in [1.54, 1.807) is 6.20 Å². The third-order valence-corrected chi connectivity index (χ3v) is 4.29. The zero-order valence-electron chi connectivity index (χ0n) is 14.3. The number of carbonyl (C=O) groups is 1. The number of halogens is 3. The largest absolute Gasteiger partial charge is 0.416 e. The Morgan fingerprint density at radius 3 is 2.58 bits per heavy atom. The van der Waals surface area contributed by atoms with Crippen molar-refractivity contribution in [1.82, 2.24) is 14.5 Å². The summed E-state index contributed by atoms with van der Waals surface area (Å²) in [4.78, 5) is 20.6. The minimum atomic E-state index is -4.43. The molecule has 2 aromatic rings. The van der Waals surface area contributed by atoms with Crippen LogP contribution in [0.4, 0.5) is 24.8 Å². The van der Waals surface area contributed by atoms with Gasteiger partial charge in [0.15, 0.2) is 0 Å². The predicted molar refractivity (Wildman–Crippen MR) is 91.9 cm³/mol. The highest BCUT2D eigenvalue weighted by Gasteiger charge is 2.30. The van der Waals surface area contributed by atoms with Gasteiger partial charge in [0.05, 0.1) is 12.1 Å². The van der Waals surface area contributed by atoms with Gasteiger partial charge in [-0.25, -0.2) is 4.98 Å². The van der Waals surface area contributed by atoms with E-state index in [0.29, 0.717) is 13.1 Å². The van der Waals surface area contributed by atoms with Gasteiger partial charge in [-0.3, -0.25) is 9.69 Å². The molecule has 1 saturated heterocycles. The number of nitrogens with one attached hydrogen (secondary N) is 1. The molecule has 1 aliphatic heterocycles. The fourth-order valence-electron chi connectivity index (χ4n) is 2.95. The van der Waals surface area contributed by atoms with Gasteiger partial charge in [-0.1, -0.05) is 6.07 Å². The number of aryl methyl sites for hydroxylation is 1. The second-order valence-corrected chi connectivity index (χ2v) is 6.23. The molecule has 1 fully saturated rings. The number of aromatic nitrogens is 2. The summed E-state index contributed by atoms with van der Waals surface area (Å²) in [6.07, 6.45) is -0.809. The van der Waals surface area contributed by atoms with E-state index in [9.17, 15) is 18.0 Å². The molecule has 26 heavy (non-hydrogen) atoms. The Morgan fingerprint density at radius 2 is 1.96 bits per heavy atom. The molecule has 1 aromatic heterocycles. The van der Waals surface area contributed by atoms with E-state index in [4.69, 9.17) is 0 Å². The van der Waals surface area contributed by atoms with Gasteiger partial charge in [0.25, 0.3) is 0 Å². The molecule has 140 valence electrons. The van der Waals surface area contributed by atoms with Gasteiger partial charge in [0.1, 0.15) is 0 Å². The van der Waals surface area contributed by atoms with E-state index in [-0.39, 0.29) is 18.1 Å². The maximum Gasteiger partial charge on any atom is 0.416 e. The number of piperazine rings is 1. The van der Waals surface area contributed by atoms with Crippen molar-refractivity contribution in [3.05, 3.63) is 42.2 Å². The van der Waals surface area contributed by atoms with E-state index in [1.807, 2.05) is 22.7 Å². The molecular formula is C17H20F3N5O. The van der Waals surface area contributed by atoms with Crippen LogP contribution in [0, 0.1) is 0 Å². The molecule has 0 radical (unpaired) electrons. The van der Waals surface area contributed by atoms with Gasteiger partial charge in [0.2, 0.25) is 11.9 Å². The molecule has 0 atom stereocenters. The van der Waals surface area contributed by atoms with E-state index >= 15 is 0 Å². The first-order chi connectivity index (χ1) is 12.3. The molecule has 0 unspecified atom stereocenters. The van der Waals surface area contributed by atoms with Gasteiger partial charge in [0, 0.05) is 51.3 Å². The Bertz CT molecular complexity index is 766. The number of alkyl halides is 3. The highest BCUT2D eigenvalue weighted by Crippen LogP contribution is 2.30. The molecule has 0 spiro atoms. The van der Waals surface area contributed by atoms with Crippen LogP contribution in [0.25, 0.3) is 0 Å². The molecule has 1 amide bonds. The summed E-state index contributed by atoms with van der Waals surface area (Å²) in [7, 11) is 1.93. The van der Waals surface area contributed by atoms with Crippen molar-refractivity contribution in [1.29, 1.82) is 0 Å². The highest BCUT2D eigenvalue weighted by molar-refractivity contribution is 5.92. The molecular weight excluding hydrogens is 347 g/mol. The van der Waals surface area contributed by atoms with Crippen LogP contribution in [0.15, 0.2) is 36.7 Å². The Balaban J connectivity index is 1.51. The van der Waals surface area contributed by atoms with Crippen LogP contribution in [0.1, 0.15) is 5.56 Å². The molecule has 1 aromatic carbocycles. The molecule has 3 rings (SSSR count). The smallest absolute Gasteiger partial charge is 0.340 e. The Labute approximate surface area is 149 Å². The van der Waals surface area contributed by atoms with Gasteiger partial charge < -0.3 is 14.8 Å². The van der Waals surface area contributed by atoms with Crippen molar-refractivity contribution in [2.45, 2.75) is 6.18 Å². The number of rotatable bonds is 4. The zero-order valence-corrected chi connectivity index (χ0v) is 14.3. The molecule has 2 heterocycles. The summed E-state index contributed by atoms with van der Waals surface area (Å²) in [5, 5.41) is 2.54. The van der Waals surface area contributed by atoms with Crippen LogP contribution in [-0.4, -0.2) is 53.1 Å². The van der Waals surface area contributed by atoms with Gasteiger partial charge in [-0.05, 0) is 18.2 Å². The number of imidazole rings is 1. The molecule has 1 N–H and O–H groups in total. The molecule has 0 aliphatic carbocycles. The maximum atomic E-state index is 12.7. The molecule has 0 bridgehead atoms. The van der Waals surface area contributed by atoms with Gasteiger partial charge in [-0.15, -0.1) is 0 Å². The summed E-state index contributed by atoms with van der Waals surface area (Å²) in [5.41, 5.74) is -0.629. The molecule has 6 nitrogen and oxygen atoms in total. The Kier molecular flexibility index (Phi) is 5.17. The quantitative estimate of drug-likeness (QED) is 0.900. The van der Waals surface area contributed by atoms with Crippen molar-refractivity contribution in [3.63, 3.8) is 0 Å². The minimum absolute atomic E-state index is 0.144. The third kappa shape index (κ3) is 4.34. The highest BCUT2D eigenvalue weighted by atomic mass is 19.4. The number of carbonyl (C=O) groups excluding carboxylic acids is 1. The standard InChI is InChI=1S/C17H20F3N5O/c1-23-6-5-21-16(23)25-9-7-24(8-10-25)12-15(26)22-14-4-2-3-13(11-14)17(18,19)20/h2-6,11H,7-10,12H2,1H3,(H,22,26). The summed E-state index contributed by atoms with van der Waals surface area (Å²) in [6, 6.07) is 4.65. The molecule has 1 aliphatic rings. The lowest BCUT2D eigenvalue weighted by Gasteiger charge is -2.34. The van der Waals surface area contributed by atoms with Crippen molar-refractivity contribution in [3.8, 4) is 0 Å². The number of nitrogens with zero attached hydrogens (tertiary/aromatic N) is 4. The Morgan fingerprint density at radius 1 is 1.23 bits per heavy atom. The van der Waals surface area contributed by atoms with E-state index in [2.05, 4.69) is 15.2 Å². The van der Waals surface area contributed by atoms with Crippen LogP contribution in [0.2, 0.25) is 0 Å². The van der Waals surface area contributed by atoms with E-state index < -0.39 is 11.7 Å². The summed E-state index contributed by atoms with van der Waals surface area (Å²) >= 11 is 0. The lowest BCUT2D eigenvalue weighted by Crippen LogP contribution is -2.49. The van der Waals surface area contributed by atoms with Crippen molar-refractivity contribution in [2.75, 3.05) is 42.9 Å². The SMILES string of the molecule is Cn1ccnc1N1CCN(CC(=O)Nc2cccc(C(F)(F)F)c2)CC1. The first kappa shape index (κ1) is 18.2. The van der Waals surface area contributed by atoms with Crippen LogP contribution in [0.5, 0.6) is 0 Å². The lowest BCUT2D eigenvalue weighted by molar-refractivity contribution is -0.137. The predicted octanol–water partition coefficient (Wildman–Crippen LogP) is 2.20. The lowest BCUT2D eigenvalue weighted by atomic mass is 10.2. The van der Waals surface area contributed by atoms with Crippen LogP contribution >= 0.6 is 0 Å². The van der Waals surface area contributed by atoms with Gasteiger partial charge >= 0.3 is 6.18 Å². The normalized spacial score (nSPS) is 15.9. The third-order valence-electron chi connectivity index (χ3n) is 4.29. The summed E-state index contributed by atoms with van der Waals surface area (Å²) in [6.45, 7) is 2.99. The van der Waals surface area contributed by atoms with Crippen LogP contribution < -0.4 is 10.2 Å². The van der Waals surface area contributed by atoms with Crippen LogP contribution in [-0.2, 0) is 18.0 Å². The average Bonchev–Trinajstić information content (AvgIpc) is 3.01. The fourth-order valence-corrected chi connectivity index (χ4v) is 2.95. The number of amides is 1. The molecule has 0 saturated carbocycles. The van der Waals surface area contributed by atoms with E-state index in [1.165, 1.54) is 12.1 Å².